The number of hydrogen-bond acceptors (Lipinski definition) is 4. The van der Waals surface area contributed by atoms with E-state index < -0.39 is 5.54 Å². The standard InChI is InChI=1S/C34H37N3O4/c1-22(2)41-28-17-16-24(19-29(28)40-4)26-20-37-30(38)21-36(18-10-13-23-11-6-5-7-12-23)33(39)34(37,3)32-31(26)25-14-8-9-15-27(25)35-32/h5-9,11-12,14-17,19,22,26,35H,10,13,18,20-21H2,1-4H3/t26?,34-/m0/s1. The van der Waals surface area contributed by atoms with Crippen LogP contribution < -0.4 is 9.47 Å². The first-order valence-corrected chi connectivity index (χ1v) is 14.4. The SMILES string of the molecule is COc1cc(C2CN3C(=O)CN(CCCc4ccccc4)C(=O)[C@]3(C)c3[nH]c4ccccc4c32)ccc1OC(C)C. The van der Waals surface area contributed by atoms with Gasteiger partial charge in [0.05, 0.1) is 25.5 Å². The highest BCUT2D eigenvalue weighted by Gasteiger charge is 2.56. The third kappa shape index (κ3) is 4.63. The summed E-state index contributed by atoms with van der Waals surface area (Å²) in [5, 5.41) is 1.07. The predicted octanol–water partition coefficient (Wildman–Crippen LogP) is 5.63. The molecule has 3 aromatic carbocycles. The summed E-state index contributed by atoms with van der Waals surface area (Å²) in [7, 11) is 1.64. The summed E-state index contributed by atoms with van der Waals surface area (Å²) >= 11 is 0. The summed E-state index contributed by atoms with van der Waals surface area (Å²) in [5.41, 5.74) is 3.94. The molecule has 2 aliphatic heterocycles. The minimum absolute atomic E-state index is 0.0120. The zero-order chi connectivity index (χ0) is 28.7. The molecule has 2 aliphatic rings. The van der Waals surface area contributed by atoms with Crippen molar-refractivity contribution in [3.63, 3.8) is 0 Å². The molecule has 0 radical (unpaired) electrons. The van der Waals surface area contributed by atoms with E-state index >= 15 is 0 Å². The molecule has 2 amide bonds. The van der Waals surface area contributed by atoms with Gasteiger partial charge in [0.25, 0.3) is 5.91 Å². The van der Waals surface area contributed by atoms with Gasteiger partial charge in [-0.2, -0.15) is 0 Å². The maximum Gasteiger partial charge on any atom is 0.254 e. The van der Waals surface area contributed by atoms with Crippen molar-refractivity contribution in [3.05, 3.63) is 95.2 Å². The topological polar surface area (TPSA) is 74.9 Å². The van der Waals surface area contributed by atoms with Crippen LogP contribution in [-0.2, 0) is 21.5 Å². The van der Waals surface area contributed by atoms with Crippen molar-refractivity contribution >= 4 is 22.7 Å². The smallest absolute Gasteiger partial charge is 0.254 e. The van der Waals surface area contributed by atoms with Gasteiger partial charge in [-0.1, -0.05) is 54.6 Å². The number of ether oxygens (including phenoxy) is 2. The van der Waals surface area contributed by atoms with E-state index in [1.54, 1.807) is 16.9 Å². The molecule has 3 heterocycles. The second kappa shape index (κ2) is 10.6. The third-order valence-corrected chi connectivity index (χ3v) is 8.51. The predicted molar refractivity (Wildman–Crippen MR) is 159 cm³/mol. The normalized spacial score (nSPS) is 20.4. The second-order valence-electron chi connectivity index (χ2n) is 11.5. The van der Waals surface area contributed by atoms with E-state index in [0.717, 1.165) is 40.6 Å². The minimum Gasteiger partial charge on any atom is -0.493 e. The first kappa shape index (κ1) is 26.9. The number of nitrogens with one attached hydrogen (secondary N) is 1. The van der Waals surface area contributed by atoms with E-state index in [0.29, 0.717) is 24.6 Å². The van der Waals surface area contributed by atoms with Crippen LogP contribution in [0.15, 0.2) is 72.8 Å². The zero-order valence-corrected chi connectivity index (χ0v) is 24.1. The van der Waals surface area contributed by atoms with Crippen molar-refractivity contribution in [1.82, 2.24) is 14.8 Å². The highest BCUT2D eigenvalue weighted by atomic mass is 16.5. The molecular formula is C34H37N3O4. The lowest BCUT2D eigenvalue weighted by Crippen LogP contribution is -2.67. The maximum absolute atomic E-state index is 14.3. The van der Waals surface area contributed by atoms with Crippen molar-refractivity contribution in [2.45, 2.75) is 51.2 Å². The van der Waals surface area contributed by atoms with Gasteiger partial charge in [0.2, 0.25) is 5.91 Å². The molecule has 41 heavy (non-hydrogen) atoms. The number of amides is 2. The molecule has 7 heteroatoms. The van der Waals surface area contributed by atoms with Crippen LogP contribution in [0.2, 0.25) is 0 Å². The molecule has 2 atom stereocenters. The Labute approximate surface area is 241 Å². The number of carbonyl (C=O) groups excluding carboxylic acids is 2. The molecular weight excluding hydrogens is 514 g/mol. The van der Waals surface area contributed by atoms with Gasteiger partial charge >= 0.3 is 0 Å². The Morgan fingerprint density at radius 2 is 1.76 bits per heavy atom. The van der Waals surface area contributed by atoms with Gasteiger partial charge < -0.3 is 24.3 Å². The number of hydrogen-bond donors (Lipinski definition) is 1. The Kier molecular flexibility index (Phi) is 6.98. The van der Waals surface area contributed by atoms with Crippen molar-refractivity contribution in [2.24, 2.45) is 0 Å². The van der Waals surface area contributed by atoms with Crippen LogP contribution in [0.1, 0.15) is 55.5 Å². The lowest BCUT2D eigenvalue weighted by Gasteiger charge is -2.51. The molecule has 4 aromatic rings. The summed E-state index contributed by atoms with van der Waals surface area (Å²) in [6.45, 7) is 6.91. The number of aromatic nitrogens is 1. The fourth-order valence-electron chi connectivity index (χ4n) is 6.53. The number of rotatable bonds is 8. The average Bonchev–Trinajstić information content (AvgIpc) is 3.37. The van der Waals surface area contributed by atoms with Crippen LogP contribution >= 0.6 is 0 Å². The zero-order valence-electron chi connectivity index (χ0n) is 24.1. The van der Waals surface area contributed by atoms with Gasteiger partial charge in [-0.3, -0.25) is 9.59 Å². The van der Waals surface area contributed by atoms with Gasteiger partial charge in [0.15, 0.2) is 17.0 Å². The molecule has 0 bridgehead atoms. The number of aromatic amines is 1. The molecule has 6 rings (SSSR count). The largest absolute Gasteiger partial charge is 0.493 e. The number of benzene rings is 3. The van der Waals surface area contributed by atoms with E-state index in [-0.39, 0.29) is 30.4 Å². The van der Waals surface area contributed by atoms with Gasteiger partial charge in [0.1, 0.15) is 0 Å². The number of aryl methyl sites for hydroxylation is 1. The average molecular weight is 552 g/mol. The fraction of sp³-hybridized carbons (Fsp3) is 0.353. The van der Waals surface area contributed by atoms with E-state index in [9.17, 15) is 9.59 Å². The van der Waals surface area contributed by atoms with Gasteiger partial charge in [-0.25, -0.2) is 0 Å². The Bertz CT molecular complexity index is 1590. The quantitative estimate of drug-likeness (QED) is 0.308. The van der Waals surface area contributed by atoms with Crippen molar-refractivity contribution < 1.29 is 19.1 Å². The third-order valence-electron chi connectivity index (χ3n) is 8.51. The molecule has 1 fully saturated rings. The first-order valence-electron chi connectivity index (χ1n) is 14.4. The second-order valence-corrected chi connectivity index (χ2v) is 11.5. The van der Waals surface area contributed by atoms with Crippen molar-refractivity contribution in [1.29, 1.82) is 0 Å². The van der Waals surface area contributed by atoms with Gasteiger partial charge in [0, 0.05) is 29.9 Å². The maximum atomic E-state index is 14.3. The number of methoxy groups -OCH3 is 1. The summed E-state index contributed by atoms with van der Waals surface area (Å²) in [6.07, 6.45) is 1.67. The molecule has 0 saturated carbocycles. The van der Waals surface area contributed by atoms with Gasteiger partial charge in [-0.05, 0) is 68.5 Å². The number of nitrogens with zero attached hydrogens (tertiary/aromatic N) is 2. The van der Waals surface area contributed by atoms with E-state index in [1.807, 2.05) is 75.4 Å². The Balaban J connectivity index is 1.39. The number of piperazine rings is 1. The van der Waals surface area contributed by atoms with Crippen LogP contribution in [0.25, 0.3) is 10.9 Å². The summed E-state index contributed by atoms with van der Waals surface area (Å²) < 4.78 is 11.7. The molecule has 0 aliphatic carbocycles. The number of fused-ring (bicyclic) bond motifs is 5. The number of carbonyl (C=O) groups is 2. The van der Waals surface area contributed by atoms with E-state index in [2.05, 4.69) is 23.2 Å². The van der Waals surface area contributed by atoms with Crippen LogP contribution in [0, 0.1) is 0 Å². The molecule has 1 saturated heterocycles. The lowest BCUT2D eigenvalue weighted by atomic mass is 9.76. The minimum atomic E-state index is -1.11. The molecule has 1 aromatic heterocycles. The van der Waals surface area contributed by atoms with Crippen LogP contribution in [0.4, 0.5) is 0 Å². The van der Waals surface area contributed by atoms with Gasteiger partial charge in [-0.15, -0.1) is 0 Å². The Morgan fingerprint density at radius 3 is 2.51 bits per heavy atom. The number of para-hydroxylation sites is 1. The van der Waals surface area contributed by atoms with E-state index in [1.165, 1.54) is 5.56 Å². The molecule has 1 unspecified atom stereocenters. The monoisotopic (exact) mass is 551 g/mol. The summed E-state index contributed by atoms with van der Waals surface area (Å²) in [4.78, 5) is 35.2. The molecule has 7 nitrogen and oxygen atoms in total. The van der Waals surface area contributed by atoms with Crippen molar-refractivity contribution in [2.75, 3.05) is 26.7 Å². The Morgan fingerprint density at radius 1 is 1.00 bits per heavy atom. The van der Waals surface area contributed by atoms with Crippen LogP contribution in [0.3, 0.4) is 0 Å². The number of H-pyrrole nitrogens is 1. The molecule has 212 valence electrons. The van der Waals surface area contributed by atoms with Crippen LogP contribution in [-0.4, -0.2) is 59.4 Å². The molecule has 1 N–H and O–H groups in total. The lowest BCUT2D eigenvalue weighted by molar-refractivity contribution is -0.166. The Hall–Kier alpha value is -4.26. The fourth-order valence-corrected chi connectivity index (χ4v) is 6.53. The van der Waals surface area contributed by atoms with Crippen LogP contribution in [0.5, 0.6) is 11.5 Å². The first-order chi connectivity index (χ1) is 19.8. The van der Waals surface area contributed by atoms with Crippen molar-refractivity contribution in [3.8, 4) is 11.5 Å². The molecule has 0 spiro atoms. The van der Waals surface area contributed by atoms with E-state index in [4.69, 9.17) is 9.47 Å². The summed E-state index contributed by atoms with van der Waals surface area (Å²) in [6, 6.07) is 24.4. The summed E-state index contributed by atoms with van der Waals surface area (Å²) in [5.74, 6) is 1.12. The highest BCUT2D eigenvalue weighted by molar-refractivity contribution is 6.01. The highest BCUT2D eigenvalue weighted by Crippen LogP contribution is 2.49.